The van der Waals surface area contributed by atoms with Gasteiger partial charge in [-0.05, 0) is 83.2 Å². The van der Waals surface area contributed by atoms with E-state index in [1.807, 2.05) is 30.3 Å². The first-order valence-electron chi connectivity index (χ1n) is 8.53. The summed E-state index contributed by atoms with van der Waals surface area (Å²) in [5.74, 6) is 1.38. The molecule has 0 aliphatic carbocycles. The highest BCUT2D eigenvalue weighted by atomic mass is 79.9. The smallest absolute Gasteiger partial charge is 0.149 e. The zero-order valence-electron chi connectivity index (χ0n) is 15.1. The predicted molar refractivity (Wildman–Crippen MR) is 109 cm³/mol. The quantitative estimate of drug-likeness (QED) is 0.541. The summed E-state index contributed by atoms with van der Waals surface area (Å²) in [4.78, 5) is 7.83. The molecule has 0 aliphatic heterocycles. The number of aromatic amines is 1. The second-order valence-electron chi connectivity index (χ2n) is 6.25. The van der Waals surface area contributed by atoms with Crippen molar-refractivity contribution < 1.29 is 4.74 Å². The van der Waals surface area contributed by atoms with Crippen LogP contribution in [0.4, 0.5) is 0 Å². The number of rotatable bonds is 5. The van der Waals surface area contributed by atoms with Gasteiger partial charge >= 0.3 is 0 Å². The first-order valence-corrected chi connectivity index (χ1v) is 9.32. The van der Waals surface area contributed by atoms with Gasteiger partial charge in [-0.15, -0.1) is 0 Å². The summed E-state index contributed by atoms with van der Waals surface area (Å²) in [6.45, 7) is 6.87. The van der Waals surface area contributed by atoms with Gasteiger partial charge in [0.05, 0.1) is 27.7 Å². The van der Waals surface area contributed by atoms with Gasteiger partial charge in [-0.3, -0.25) is 0 Å². The van der Waals surface area contributed by atoms with Crippen LogP contribution in [0.15, 0.2) is 34.8 Å². The number of nitriles is 1. The summed E-state index contributed by atoms with van der Waals surface area (Å²) in [6, 6.07) is 12.1. The molecule has 0 aliphatic rings. The van der Waals surface area contributed by atoms with E-state index in [1.54, 1.807) is 0 Å². The predicted octanol–water partition coefficient (Wildman–Crippen LogP) is 5.80. The maximum absolute atomic E-state index is 9.60. The van der Waals surface area contributed by atoms with E-state index in [9.17, 15) is 5.26 Å². The van der Waals surface area contributed by atoms with E-state index in [2.05, 4.69) is 58.8 Å². The molecule has 1 heterocycles. The highest BCUT2D eigenvalue weighted by Gasteiger charge is 2.10. The molecule has 132 valence electrons. The van der Waals surface area contributed by atoms with Crippen LogP contribution in [0.25, 0.3) is 22.7 Å². The molecule has 26 heavy (non-hydrogen) atoms. The fourth-order valence-electron chi connectivity index (χ4n) is 2.65. The maximum atomic E-state index is 9.60. The van der Waals surface area contributed by atoms with Gasteiger partial charge in [0, 0.05) is 0 Å². The lowest BCUT2D eigenvalue weighted by Gasteiger charge is -2.07. The number of aryl methyl sites for hydroxylation is 2. The molecule has 1 aromatic heterocycles. The lowest BCUT2D eigenvalue weighted by molar-refractivity contribution is 0.315. The van der Waals surface area contributed by atoms with Crippen molar-refractivity contribution in [1.29, 1.82) is 5.26 Å². The summed E-state index contributed by atoms with van der Waals surface area (Å²) in [6.07, 6.45) is 2.78. The highest BCUT2D eigenvalue weighted by molar-refractivity contribution is 9.10. The zero-order valence-corrected chi connectivity index (χ0v) is 16.6. The fraction of sp³-hybridized carbons (Fsp3) is 0.238. The number of ether oxygens (including phenoxy) is 1. The Bertz CT molecular complexity index is 989. The minimum Gasteiger partial charge on any atom is -0.492 e. The number of aromatic nitrogens is 2. The summed E-state index contributed by atoms with van der Waals surface area (Å²) in [5, 5.41) is 9.60. The second-order valence-corrected chi connectivity index (χ2v) is 7.10. The van der Waals surface area contributed by atoms with Crippen LogP contribution in [0, 0.1) is 25.2 Å². The number of imidazole rings is 1. The van der Waals surface area contributed by atoms with Crippen LogP contribution in [-0.2, 0) is 0 Å². The number of nitrogens with zero attached hydrogens (tertiary/aromatic N) is 2. The number of hydrogen-bond acceptors (Lipinski definition) is 3. The SMILES string of the molecule is CCCOc1ccc(/C=C(/C#N)c2nc3cc(C)c(C)cc3[nH]2)cc1Br. The molecule has 0 unspecified atom stereocenters. The molecule has 0 amide bonds. The van der Waals surface area contributed by atoms with Gasteiger partial charge in [-0.25, -0.2) is 4.98 Å². The molecule has 0 atom stereocenters. The van der Waals surface area contributed by atoms with Gasteiger partial charge in [-0.1, -0.05) is 13.0 Å². The molecule has 0 radical (unpaired) electrons. The molecule has 0 fully saturated rings. The Hall–Kier alpha value is -2.58. The number of H-pyrrole nitrogens is 1. The van der Waals surface area contributed by atoms with Gasteiger partial charge in [0.25, 0.3) is 0 Å². The Labute approximate surface area is 161 Å². The van der Waals surface area contributed by atoms with Crippen molar-refractivity contribution in [2.45, 2.75) is 27.2 Å². The summed E-state index contributed by atoms with van der Waals surface area (Å²) in [5.41, 5.74) is 5.59. The lowest BCUT2D eigenvalue weighted by atomic mass is 10.1. The third kappa shape index (κ3) is 3.81. The number of hydrogen-bond donors (Lipinski definition) is 1. The van der Waals surface area contributed by atoms with E-state index in [1.165, 1.54) is 11.1 Å². The normalized spacial score (nSPS) is 11.6. The molecule has 1 N–H and O–H groups in total. The average molecular weight is 410 g/mol. The summed E-state index contributed by atoms with van der Waals surface area (Å²) >= 11 is 3.53. The van der Waals surface area contributed by atoms with Crippen LogP contribution in [0.2, 0.25) is 0 Å². The molecule has 2 aromatic carbocycles. The van der Waals surface area contributed by atoms with E-state index >= 15 is 0 Å². The van der Waals surface area contributed by atoms with Crippen molar-refractivity contribution in [3.05, 3.63) is 57.3 Å². The van der Waals surface area contributed by atoms with E-state index in [4.69, 9.17) is 4.74 Å². The number of halogens is 1. The van der Waals surface area contributed by atoms with Crippen molar-refractivity contribution in [1.82, 2.24) is 9.97 Å². The largest absolute Gasteiger partial charge is 0.492 e. The molecule has 5 heteroatoms. The fourth-order valence-corrected chi connectivity index (χ4v) is 3.16. The lowest BCUT2D eigenvalue weighted by Crippen LogP contribution is -1.95. The molecule has 0 bridgehead atoms. The Morgan fingerprint density at radius 3 is 2.73 bits per heavy atom. The standard InChI is InChI=1S/C21H20BrN3O/c1-4-7-26-20-6-5-15(11-17(20)22)10-16(12-23)21-24-18-8-13(2)14(3)9-19(18)25-21/h5-6,8-11H,4,7H2,1-3H3,(H,24,25)/b16-10-. The van der Waals surface area contributed by atoms with E-state index in [0.29, 0.717) is 18.0 Å². The van der Waals surface area contributed by atoms with Gasteiger partial charge in [0.15, 0.2) is 0 Å². The Kier molecular flexibility index (Phi) is 5.43. The molecule has 0 saturated carbocycles. The zero-order chi connectivity index (χ0) is 18.7. The van der Waals surface area contributed by atoms with Gasteiger partial charge in [0.2, 0.25) is 0 Å². The second kappa shape index (κ2) is 7.76. The van der Waals surface area contributed by atoms with Crippen molar-refractivity contribution in [3.8, 4) is 11.8 Å². The number of allylic oxidation sites excluding steroid dienone is 1. The molecule has 3 aromatic rings. The Morgan fingerprint density at radius 1 is 1.27 bits per heavy atom. The summed E-state index contributed by atoms with van der Waals surface area (Å²) < 4.78 is 6.54. The highest BCUT2D eigenvalue weighted by Crippen LogP contribution is 2.28. The van der Waals surface area contributed by atoms with Crippen molar-refractivity contribution in [2.75, 3.05) is 6.61 Å². The van der Waals surface area contributed by atoms with Crippen molar-refractivity contribution in [2.24, 2.45) is 0 Å². The van der Waals surface area contributed by atoms with Crippen molar-refractivity contribution in [3.63, 3.8) is 0 Å². The Balaban J connectivity index is 1.96. The minimum atomic E-state index is 0.491. The maximum Gasteiger partial charge on any atom is 0.149 e. The van der Waals surface area contributed by atoms with E-state index < -0.39 is 0 Å². The number of fused-ring (bicyclic) bond motifs is 1. The third-order valence-electron chi connectivity index (χ3n) is 4.20. The minimum absolute atomic E-state index is 0.491. The van der Waals surface area contributed by atoms with Crippen LogP contribution in [0.1, 0.15) is 35.9 Å². The van der Waals surface area contributed by atoms with Gasteiger partial charge in [-0.2, -0.15) is 5.26 Å². The average Bonchev–Trinajstić information content (AvgIpc) is 3.01. The molecular formula is C21H20BrN3O. The van der Waals surface area contributed by atoms with Crippen LogP contribution >= 0.6 is 15.9 Å². The third-order valence-corrected chi connectivity index (χ3v) is 4.82. The molecule has 4 nitrogen and oxygen atoms in total. The van der Waals surface area contributed by atoms with Crippen LogP contribution in [0.3, 0.4) is 0 Å². The van der Waals surface area contributed by atoms with Crippen LogP contribution < -0.4 is 4.74 Å². The Morgan fingerprint density at radius 2 is 2.04 bits per heavy atom. The first-order chi connectivity index (χ1) is 12.5. The molecule has 0 spiro atoms. The number of benzene rings is 2. The monoisotopic (exact) mass is 409 g/mol. The van der Waals surface area contributed by atoms with Gasteiger partial charge in [0.1, 0.15) is 17.6 Å². The van der Waals surface area contributed by atoms with Gasteiger partial charge < -0.3 is 9.72 Å². The molecule has 3 rings (SSSR count). The topological polar surface area (TPSA) is 61.7 Å². The summed E-state index contributed by atoms with van der Waals surface area (Å²) in [7, 11) is 0. The van der Waals surface area contributed by atoms with Crippen LogP contribution in [-0.4, -0.2) is 16.6 Å². The molecular weight excluding hydrogens is 390 g/mol. The number of nitrogens with one attached hydrogen (secondary N) is 1. The van der Waals surface area contributed by atoms with Crippen molar-refractivity contribution >= 4 is 38.6 Å². The van der Waals surface area contributed by atoms with Crippen LogP contribution in [0.5, 0.6) is 5.75 Å². The van der Waals surface area contributed by atoms with E-state index in [-0.39, 0.29) is 0 Å². The first kappa shape index (κ1) is 18.2. The molecule has 0 saturated heterocycles. The van der Waals surface area contributed by atoms with E-state index in [0.717, 1.165) is 33.2 Å².